The van der Waals surface area contributed by atoms with Gasteiger partial charge in [0.25, 0.3) is 0 Å². The van der Waals surface area contributed by atoms with Crippen molar-refractivity contribution in [2.45, 2.75) is 0 Å². The Hall–Kier alpha value is -8.60. The van der Waals surface area contributed by atoms with Crippen LogP contribution < -0.4 is 0 Å². The molecule has 0 aliphatic rings. The Morgan fingerprint density at radius 1 is 0.203 bits per heavy atom. The summed E-state index contributed by atoms with van der Waals surface area (Å²) in [6.45, 7) is 0. The van der Waals surface area contributed by atoms with Crippen molar-refractivity contribution in [3.8, 4) is 33.9 Å². The lowest BCUT2D eigenvalue weighted by molar-refractivity contribution is 1.15. The predicted octanol–water partition coefficient (Wildman–Crippen LogP) is 15.7. The van der Waals surface area contributed by atoms with Gasteiger partial charge in [-0.05, 0) is 102 Å². The van der Waals surface area contributed by atoms with Crippen LogP contribution in [0.2, 0.25) is 0 Å². The molecule has 0 unspecified atom stereocenters. The fourth-order valence-electron chi connectivity index (χ4n) is 10.9. The van der Waals surface area contributed by atoms with Gasteiger partial charge in [0.15, 0.2) is 0 Å². The molecule has 0 bridgehead atoms. The van der Waals surface area contributed by atoms with Crippen molar-refractivity contribution in [3.05, 3.63) is 231 Å². The van der Waals surface area contributed by atoms with Gasteiger partial charge in [0.2, 0.25) is 0 Å². The van der Waals surface area contributed by atoms with Crippen LogP contribution in [0.3, 0.4) is 0 Å². The first kappa shape index (κ1) is 35.0. The van der Waals surface area contributed by atoms with E-state index in [9.17, 15) is 0 Å². The number of nitrogens with zero attached hydrogens (tertiary/aromatic N) is 4. The van der Waals surface area contributed by atoms with Gasteiger partial charge in [0.05, 0.1) is 44.1 Å². The van der Waals surface area contributed by atoms with E-state index in [0.29, 0.717) is 0 Å². The highest BCUT2D eigenvalue weighted by Gasteiger charge is 2.24. The molecular formula is C60H38N4. The molecule has 0 atom stereocenters. The molecule has 0 saturated heterocycles. The van der Waals surface area contributed by atoms with E-state index in [2.05, 4.69) is 249 Å². The van der Waals surface area contributed by atoms with Gasteiger partial charge in [-0.2, -0.15) is 0 Å². The minimum absolute atomic E-state index is 1.14. The van der Waals surface area contributed by atoms with Crippen LogP contribution in [-0.2, 0) is 0 Å². The van der Waals surface area contributed by atoms with Crippen LogP contribution in [0.25, 0.3) is 121 Å². The third-order valence-corrected chi connectivity index (χ3v) is 13.5. The van der Waals surface area contributed by atoms with Gasteiger partial charge in [0, 0.05) is 65.8 Å². The Labute approximate surface area is 368 Å². The lowest BCUT2D eigenvalue weighted by atomic mass is 10.00. The topological polar surface area (TPSA) is 19.7 Å². The zero-order valence-electron chi connectivity index (χ0n) is 34.7. The number of fused-ring (bicyclic) bond motifs is 14. The second kappa shape index (κ2) is 13.4. The molecule has 298 valence electrons. The quantitative estimate of drug-likeness (QED) is 0.165. The summed E-state index contributed by atoms with van der Waals surface area (Å²) in [6.07, 6.45) is 0. The van der Waals surface area contributed by atoms with Gasteiger partial charge in [-0.1, -0.05) is 140 Å². The summed E-state index contributed by atoms with van der Waals surface area (Å²) < 4.78 is 9.82. The molecule has 4 aromatic heterocycles. The number of para-hydroxylation sites is 6. The van der Waals surface area contributed by atoms with E-state index in [1.165, 1.54) is 98.4 Å². The molecule has 14 aromatic rings. The molecule has 0 aliphatic heterocycles. The van der Waals surface area contributed by atoms with Crippen molar-refractivity contribution < 1.29 is 0 Å². The molecule has 0 amide bonds. The lowest BCUT2D eigenvalue weighted by Gasteiger charge is -2.12. The zero-order chi connectivity index (χ0) is 41.9. The highest BCUT2D eigenvalue weighted by molar-refractivity contribution is 6.27. The van der Waals surface area contributed by atoms with Gasteiger partial charge in [-0.25, -0.2) is 0 Å². The Bertz CT molecular complexity index is 4150. The summed E-state index contributed by atoms with van der Waals surface area (Å²) in [4.78, 5) is 0. The highest BCUT2D eigenvalue weighted by atomic mass is 15.0. The summed E-state index contributed by atoms with van der Waals surface area (Å²) >= 11 is 0. The van der Waals surface area contributed by atoms with Gasteiger partial charge in [0.1, 0.15) is 0 Å². The number of aromatic nitrogens is 4. The SMILES string of the molecule is c1ccc(-n2c3ccccc3c3c2ccc2c4cc(-c5ccc6c(c5)c5ccc7c8ccccc8n(-c8ccccc8)c7c5n6-c5ccccc5)ccc4n(-c4ccccc4)c23)cc1. The lowest BCUT2D eigenvalue weighted by Crippen LogP contribution is -1.98. The fraction of sp³-hybridized carbons (Fsp3) is 0. The third kappa shape index (κ3) is 4.88. The first-order chi connectivity index (χ1) is 31.8. The Kier molecular flexibility index (Phi) is 7.36. The Morgan fingerprint density at radius 2 is 0.547 bits per heavy atom. The van der Waals surface area contributed by atoms with Crippen molar-refractivity contribution >= 4 is 87.2 Å². The maximum absolute atomic E-state index is 2.48. The third-order valence-electron chi connectivity index (χ3n) is 13.5. The van der Waals surface area contributed by atoms with E-state index in [1.807, 2.05) is 0 Å². The minimum atomic E-state index is 1.14. The molecule has 64 heavy (non-hydrogen) atoms. The average molecular weight is 815 g/mol. The molecule has 4 nitrogen and oxygen atoms in total. The molecular weight excluding hydrogens is 777 g/mol. The van der Waals surface area contributed by atoms with Crippen LogP contribution in [0.4, 0.5) is 0 Å². The van der Waals surface area contributed by atoms with Crippen LogP contribution in [-0.4, -0.2) is 18.3 Å². The van der Waals surface area contributed by atoms with Crippen LogP contribution in [0.15, 0.2) is 231 Å². The number of hydrogen-bond acceptors (Lipinski definition) is 0. The molecule has 14 rings (SSSR count). The summed E-state index contributed by atoms with van der Waals surface area (Å²) in [5.74, 6) is 0. The molecule has 0 N–H and O–H groups in total. The standard InChI is InChI=1S/C60H38N4/c1-5-17-41(18-6-1)61-53-28-16-14-26-49(53)57-56(61)36-33-47-50-37-39(29-34-54(50)62(58(47)57)42-19-7-2-8-20-42)40-30-35-55-51(38-40)48-32-31-46-45-25-13-15-27-52(45)63(43-21-9-3-10-22-43)59(46)60(48)64(55)44-23-11-4-12-24-44/h1-38H. The molecule has 0 saturated carbocycles. The van der Waals surface area contributed by atoms with Crippen molar-refractivity contribution in [1.29, 1.82) is 0 Å². The first-order valence-corrected chi connectivity index (χ1v) is 22.0. The van der Waals surface area contributed by atoms with Crippen LogP contribution >= 0.6 is 0 Å². The van der Waals surface area contributed by atoms with E-state index in [4.69, 9.17) is 0 Å². The molecule has 4 heteroatoms. The van der Waals surface area contributed by atoms with E-state index < -0.39 is 0 Å². The van der Waals surface area contributed by atoms with E-state index in [0.717, 1.165) is 22.7 Å². The molecule has 10 aromatic carbocycles. The number of hydrogen-bond donors (Lipinski definition) is 0. The number of rotatable bonds is 5. The normalized spacial score (nSPS) is 12.1. The van der Waals surface area contributed by atoms with Crippen LogP contribution in [0, 0.1) is 0 Å². The van der Waals surface area contributed by atoms with Crippen LogP contribution in [0.1, 0.15) is 0 Å². The highest BCUT2D eigenvalue weighted by Crippen LogP contribution is 2.45. The zero-order valence-corrected chi connectivity index (χ0v) is 34.7. The van der Waals surface area contributed by atoms with E-state index in [1.54, 1.807) is 0 Å². The first-order valence-electron chi connectivity index (χ1n) is 22.0. The monoisotopic (exact) mass is 814 g/mol. The molecule has 0 fully saturated rings. The smallest absolute Gasteiger partial charge is 0.0788 e. The van der Waals surface area contributed by atoms with Gasteiger partial charge >= 0.3 is 0 Å². The van der Waals surface area contributed by atoms with Crippen molar-refractivity contribution in [2.24, 2.45) is 0 Å². The summed E-state index contributed by atoms with van der Waals surface area (Å²) in [7, 11) is 0. The summed E-state index contributed by atoms with van der Waals surface area (Å²) in [5, 5.41) is 9.92. The van der Waals surface area contributed by atoms with E-state index >= 15 is 0 Å². The maximum atomic E-state index is 2.48. The van der Waals surface area contributed by atoms with Crippen molar-refractivity contribution in [2.75, 3.05) is 0 Å². The maximum Gasteiger partial charge on any atom is 0.0788 e. The van der Waals surface area contributed by atoms with Crippen molar-refractivity contribution in [1.82, 2.24) is 18.3 Å². The molecule has 0 radical (unpaired) electrons. The van der Waals surface area contributed by atoms with Crippen LogP contribution in [0.5, 0.6) is 0 Å². The fourth-order valence-corrected chi connectivity index (χ4v) is 10.9. The Balaban J connectivity index is 1.05. The average Bonchev–Trinajstić information content (AvgIpc) is 4.09. The largest absolute Gasteiger partial charge is 0.309 e. The van der Waals surface area contributed by atoms with E-state index in [-0.39, 0.29) is 0 Å². The Morgan fingerprint density at radius 3 is 1.06 bits per heavy atom. The number of benzene rings is 10. The van der Waals surface area contributed by atoms with Gasteiger partial charge in [-0.15, -0.1) is 0 Å². The van der Waals surface area contributed by atoms with Gasteiger partial charge in [-0.3, -0.25) is 0 Å². The summed E-state index contributed by atoms with van der Waals surface area (Å²) in [6, 6.07) is 84.4. The summed E-state index contributed by atoms with van der Waals surface area (Å²) in [5.41, 5.74) is 16.6. The molecule has 0 spiro atoms. The predicted molar refractivity (Wildman–Crippen MR) is 269 cm³/mol. The van der Waals surface area contributed by atoms with Crippen molar-refractivity contribution in [3.63, 3.8) is 0 Å². The minimum Gasteiger partial charge on any atom is -0.309 e. The molecule has 0 aliphatic carbocycles. The second-order valence-corrected chi connectivity index (χ2v) is 16.9. The second-order valence-electron chi connectivity index (χ2n) is 16.9. The molecule has 4 heterocycles. The van der Waals surface area contributed by atoms with Gasteiger partial charge < -0.3 is 18.3 Å².